The predicted octanol–water partition coefficient (Wildman–Crippen LogP) is 0.209. The van der Waals surface area contributed by atoms with Crippen molar-refractivity contribution in [2.45, 2.75) is 43.3 Å². The number of aromatic nitrogens is 2. The zero-order chi connectivity index (χ0) is 15.9. The maximum Gasteiger partial charge on any atom is 0.251 e. The van der Waals surface area contributed by atoms with Crippen molar-refractivity contribution in [2.75, 3.05) is 12.8 Å². The molecule has 7 nitrogen and oxygen atoms in total. The van der Waals surface area contributed by atoms with Crippen molar-refractivity contribution in [3.8, 4) is 0 Å². The molecule has 1 aliphatic rings. The van der Waals surface area contributed by atoms with Crippen molar-refractivity contribution < 1.29 is 9.59 Å². The lowest BCUT2D eigenvalue weighted by Gasteiger charge is -2.11. The van der Waals surface area contributed by atoms with Crippen LogP contribution in [0, 0.1) is 0 Å². The summed E-state index contributed by atoms with van der Waals surface area (Å²) in [5, 5.41) is 5.81. The van der Waals surface area contributed by atoms with Crippen LogP contribution in [0.15, 0.2) is 16.0 Å². The van der Waals surface area contributed by atoms with Crippen LogP contribution in [0.25, 0.3) is 0 Å². The second-order valence-electron chi connectivity index (χ2n) is 5.23. The third kappa shape index (κ3) is 5.18. The summed E-state index contributed by atoms with van der Waals surface area (Å²) in [4.78, 5) is 41.5. The number of carbonyl (C=O) groups excluding carboxylic acids is 2. The number of hydrogen-bond donors (Lipinski definition) is 3. The van der Waals surface area contributed by atoms with Crippen LogP contribution in [-0.2, 0) is 16.0 Å². The zero-order valence-corrected chi connectivity index (χ0v) is 13.3. The van der Waals surface area contributed by atoms with Gasteiger partial charge in [0, 0.05) is 19.2 Å². The third-order valence-electron chi connectivity index (χ3n) is 3.45. The Morgan fingerprint density at radius 1 is 1.36 bits per heavy atom. The van der Waals surface area contributed by atoms with Crippen LogP contribution in [0.3, 0.4) is 0 Å². The van der Waals surface area contributed by atoms with Crippen LogP contribution < -0.4 is 16.2 Å². The number of hydrogen-bond acceptors (Lipinski definition) is 5. The molecule has 0 aromatic carbocycles. The Hall–Kier alpha value is -1.83. The fraction of sp³-hybridized carbons (Fsp3) is 0.571. The van der Waals surface area contributed by atoms with E-state index in [4.69, 9.17) is 0 Å². The summed E-state index contributed by atoms with van der Waals surface area (Å²) < 4.78 is 0. The maximum atomic E-state index is 11.9. The summed E-state index contributed by atoms with van der Waals surface area (Å²) in [6, 6.07) is 1.57. The lowest BCUT2D eigenvalue weighted by Crippen LogP contribution is -2.33. The van der Waals surface area contributed by atoms with E-state index >= 15 is 0 Å². The van der Waals surface area contributed by atoms with Gasteiger partial charge in [0.05, 0.1) is 17.9 Å². The Kier molecular flexibility index (Phi) is 6.00. The zero-order valence-electron chi connectivity index (χ0n) is 12.5. The quantitative estimate of drug-likeness (QED) is 0.512. The monoisotopic (exact) mass is 324 g/mol. The summed E-state index contributed by atoms with van der Waals surface area (Å²) >= 11 is 1.16. The van der Waals surface area contributed by atoms with Crippen molar-refractivity contribution >= 4 is 23.6 Å². The molecular formula is C14H20N4O3S. The minimum atomic E-state index is -0.326. The Balaban J connectivity index is 1.89. The molecule has 3 N–H and O–H groups in total. The molecule has 0 atom stereocenters. The molecule has 1 heterocycles. The molecule has 0 unspecified atom stereocenters. The van der Waals surface area contributed by atoms with Gasteiger partial charge in [0.25, 0.3) is 5.56 Å². The van der Waals surface area contributed by atoms with E-state index in [1.165, 1.54) is 13.1 Å². The summed E-state index contributed by atoms with van der Waals surface area (Å²) in [5.74, 6) is -0.0765. The predicted molar refractivity (Wildman–Crippen MR) is 83.8 cm³/mol. The highest BCUT2D eigenvalue weighted by atomic mass is 32.2. The van der Waals surface area contributed by atoms with Crippen LogP contribution in [0.1, 0.15) is 31.4 Å². The van der Waals surface area contributed by atoms with Gasteiger partial charge in [-0.3, -0.25) is 14.4 Å². The van der Waals surface area contributed by atoms with Crippen molar-refractivity contribution in [1.29, 1.82) is 0 Å². The number of amides is 2. The number of aromatic amines is 1. The molecule has 1 aromatic rings. The molecule has 0 aliphatic heterocycles. The molecule has 2 rings (SSSR count). The fourth-order valence-electron chi connectivity index (χ4n) is 2.37. The van der Waals surface area contributed by atoms with Crippen molar-refractivity contribution in [1.82, 2.24) is 20.6 Å². The lowest BCUT2D eigenvalue weighted by atomic mass is 10.2. The van der Waals surface area contributed by atoms with Crippen molar-refractivity contribution in [2.24, 2.45) is 0 Å². The Labute approximate surface area is 132 Å². The van der Waals surface area contributed by atoms with Crippen molar-refractivity contribution in [3.05, 3.63) is 22.1 Å². The summed E-state index contributed by atoms with van der Waals surface area (Å²) in [6.45, 7) is 0. The van der Waals surface area contributed by atoms with Crippen LogP contribution >= 0.6 is 11.8 Å². The number of nitrogens with one attached hydrogen (secondary N) is 3. The SMILES string of the molecule is CNC(=O)Cc1cc(=O)[nH]c(SCC(=O)NC2CCCC2)n1. The van der Waals surface area contributed by atoms with Gasteiger partial charge in [-0.2, -0.15) is 0 Å². The molecule has 1 aromatic heterocycles. The third-order valence-corrected chi connectivity index (χ3v) is 4.33. The molecule has 8 heteroatoms. The van der Waals surface area contributed by atoms with Crippen molar-refractivity contribution in [3.63, 3.8) is 0 Å². The normalized spacial score (nSPS) is 14.8. The van der Waals surface area contributed by atoms with E-state index in [0.29, 0.717) is 10.9 Å². The Morgan fingerprint density at radius 3 is 2.77 bits per heavy atom. The molecule has 1 aliphatic carbocycles. The lowest BCUT2D eigenvalue weighted by molar-refractivity contribution is -0.120. The first-order valence-electron chi connectivity index (χ1n) is 7.30. The smallest absolute Gasteiger partial charge is 0.251 e. The Morgan fingerprint density at radius 2 is 2.09 bits per heavy atom. The second-order valence-corrected chi connectivity index (χ2v) is 6.19. The highest BCUT2D eigenvalue weighted by molar-refractivity contribution is 7.99. The summed E-state index contributed by atoms with van der Waals surface area (Å²) in [6.07, 6.45) is 4.44. The number of H-pyrrole nitrogens is 1. The average molecular weight is 324 g/mol. The van der Waals surface area contributed by atoms with Gasteiger partial charge < -0.3 is 15.6 Å². The molecule has 120 valence electrons. The second kappa shape index (κ2) is 7.98. The van der Waals surface area contributed by atoms with E-state index < -0.39 is 0 Å². The molecule has 1 fully saturated rings. The highest BCUT2D eigenvalue weighted by Gasteiger charge is 2.17. The van der Waals surface area contributed by atoms with Gasteiger partial charge in [0.2, 0.25) is 11.8 Å². The van der Waals surface area contributed by atoms with Crippen LogP contribution in [-0.4, -0.2) is 40.6 Å². The van der Waals surface area contributed by atoms with Gasteiger partial charge in [0.1, 0.15) is 0 Å². The minimum absolute atomic E-state index is 0.0439. The molecule has 22 heavy (non-hydrogen) atoms. The van der Waals surface area contributed by atoms with Gasteiger partial charge in [-0.15, -0.1) is 0 Å². The molecule has 0 radical (unpaired) electrons. The van der Waals surface area contributed by atoms with Gasteiger partial charge in [0.15, 0.2) is 5.16 Å². The average Bonchev–Trinajstić information content (AvgIpc) is 2.97. The molecular weight excluding hydrogens is 304 g/mol. The molecule has 2 amide bonds. The van der Waals surface area contributed by atoms with Gasteiger partial charge >= 0.3 is 0 Å². The summed E-state index contributed by atoms with van der Waals surface area (Å²) in [5.41, 5.74) is 0.0643. The van der Waals surface area contributed by atoms with Gasteiger partial charge in [-0.25, -0.2) is 4.98 Å². The number of rotatable bonds is 6. The number of likely N-dealkylation sites (N-methyl/N-ethyl adjacent to an activating group) is 1. The number of carbonyl (C=O) groups is 2. The van der Waals surface area contributed by atoms with E-state index in [1.807, 2.05) is 0 Å². The molecule has 1 saturated carbocycles. The maximum absolute atomic E-state index is 11.9. The first kappa shape index (κ1) is 16.5. The van der Waals surface area contributed by atoms with E-state index in [2.05, 4.69) is 20.6 Å². The molecule has 0 bridgehead atoms. The molecule has 0 saturated heterocycles. The van der Waals surface area contributed by atoms with Crippen LogP contribution in [0.4, 0.5) is 0 Å². The summed E-state index contributed by atoms with van der Waals surface area (Å²) in [7, 11) is 1.53. The number of thioether (sulfide) groups is 1. The van der Waals surface area contributed by atoms with Crippen LogP contribution in [0.2, 0.25) is 0 Å². The fourth-order valence-corrected chi connectivity index (χ4v) is 3.07. The standard InChI is InChI=1S/C14H20N4O3S/c1-15-11(19)6-10-7-12(20)18-14(17-10)22-8-13(21)16-9-4-2-3-5-9/h7,9H,2-6,8H2,1H3,(H,15,19)(H,16,21)(H,17,18,20). The largest absolute Gasteiger partial charge is 0.359 e. The van der Waals surface area contributed by atoms with E-state index in [1.54, 1.807) is 0 Å². The van der Waals surface area contributed by atoms with Gasteiger partial charge in [-0.05, 0) is 12.8 Å². The van der Waals surface area contributed by atoms with Crippen LogP contribution in [0.5, 0.6) is 0 Å². The highest BCUT2D eigenvalue weighted by Crippen LogP contribution is 2.18. The topological polar surface area (TPSA) is 104 Å². The molecule has 0 spiro atoms. The first-order valence-corrected chi connectivity index (χ1v) is 8.28. The van der Waals surface area contributed by atoms with E-state index in [0.717, 1.165) is 37.4 Å². The van der Waals surface area contributed by atoms with Gasteiger partial charge in [-0.1, -0.05) is 24.6 Å². The Bertz CT molecular complexity index is 596. The minimum Gasteiger partial charge on any atom is -0.359 e. The van der Waals surface area contributed by atoms with E-state index in [9.17, 15) is 14.4 Å². The number of nitrogens with zero attached hydrogens (tertiary/aromatic N) is 1. The first-order chi connectivity index (χ1) is 10.6. The van der Waals surface area contributed by atoms with E-state index in [-0.39, 0.29) is 35.6 Å².